The molecule has 0 saturated heterocycles. The Labute approximate surface area is 244 Å². The van der Waals surface area contributed by atoms with Crippen molar-refractivity contribution < 1.29 is 14.6 Å². The average molecular weight is 549 g/mol. The van der Waals surface area contributed by atoms with Gasteiger partial charge in [-0.2, -0.15) is 0 Å². The summed E-state index contributed by atoms with van der Waals surface area (Å²) in [6, 6.07) is 9.57. The summed E-state index contributed by atoms with van der Waals surface area (Å²) in [5.41, 5.74) is 1.77. The fourth-order valence-electron chi connectivity index (χ4n) is 12.6. The van der Waals surface area contributed by atoms with E-state index in [0.29, 0.717) is 52.1 Å². The summed E-state index contributed by atoms with van der Waals surface area (Å²) >= 11 is 0. The molecular weight excluding hydrogens is 492 g/mol. The highest BCUT2D eigenvalue weighted by Gasteiger charge is 2.71. The molecule has 3 nitrogen and oxygen atoms in total. The number of carbonyl (C=O) groups is 1. The van der Waals surface area contributed by atoms with Gasteiger partial charge in [-0.15, -0.1) is 0 Å². The molecule has 5 fully saturated rings. The highest BCUT2D eigenvalue weighted by Crippen LogP contribution is 2.77. The Bertz CT molecular complexity index is 1110. The topological polar surface area (TPSA) is 46.5 Å². The number of benzene rings is 1. The lowest BCUT2D eigenvalue weighted by Crippen LogP contribution is -2.67. The van der Waals surface area contributed by atoms with Crippen LogP contribution in [0.3, 0.4) is 0 Å². The zero-order valence-corrected chi connectivity index (χ0v) is 26.5. The van der Waals surface area contributed by atoms with Gasteiger partial charge < -0.3 is 9.84 Å². The van der Waals surface area contributed by atoms with Crippen molar-refractivity contribution in [2.24, 2.45) is 62.6 Å². The maximum atomic E-state index is 13.1. The first kappa shape index (κ1) is 28.8. The first-order valence-electron chi connectivity index (χ1n) is 16.7. The van der Waals surface area contributed by atoms with E-state index in [9.17, 15) is 9.90 Å². The number of hydrogen-bond acceptors (Lipinski definition) is 3. The van der Waals surface area contributed by atoms with Crippen molar-refractivity contribution in [1.29, 1.82) is 0 Å². The summed E-state index contributed by atoms with van der Waals surface area (Å²) < 4.78 is 6.20. The fourth-order valence-corrected chi connectivity index (χ4v) is 12.6. The van der Waals surface area contributed by atoms with Gasteiger partial charge in [-0.05, 0) is 134 Å². The maximum Gasteiger partial charge on any atom is 0.338 e. The Kier molecular flexibility index (Phi) is 6.89. The van der Waals surface area contributed by atoms with E-state index in [-0.39, 0.29) is 22.9 Å². The van der Waals surface area contributed by atoms with E-state index >= 15 is 0 Å². The van der Waals surface area contributed by atoms with Crippen molar-refractivity contribution >= 4 is 5.97 Å². The van der Waals surface area contributed by atoms with Crippen molar-refractivity contribution in [3.05, 3.63) is 35.9 Å². The third-order valence-electron chi connectivity index (χ3n) is 15.0. The number of esters is 1. The molecule has 0 amide bonds. The van der Waals surface area contributed by atoms with E-state index in [1.54, 1.807) is 0 Å². The molecule has 40 heavy (non-hydrogen) atoms. The number of ether oxygens (including phenoxy) is 1. The minimum atomic E-state index is -0.166. The van der Waals surface area contributed by atoms with E-state index in [2.05, 4.69) is 48.5 Å². The molecule has 5 saturated carbocycles. The predicted octanol–water partition coefficient (Wildman–Crippen LogP) is 8.94. The number of aliphatic hydroxyl groups is 1. The molecule has 0 spiro atoms. The predicted molar refractivity (Wildman–Crippen MR) is 162 cm³/mol. The smallest absolute Gasteiger partial charge is 0.338 e. The van der Waals surface area contributed by atoms with Gasteiger partial charge in [-0.25, -0.2) is 4.79 Å². The van der Waals surface area contributed by atoms with Crippen LogP contribution in [0.25, 0.3) is 0 Å². The van der Waals surface area contributed by atoms with Crippen molar-refractivity contribution in [2.45, 2.75) is 119 Å². The molecule has 6 rings (SSSR count). The van der Waals surface area contributed by atoms with Crippen molar-refractivity contribution in [3.63, 3.8) is 0 Å². The molecular formula is C37H56O3. The summed E-state index contributed by atoms with van der Waals surface area (Å²) in [7, 11) is 0. The van der Waals surface area contributed by atoms with E-state index in [4.69, 9.17) is 4.74 Å². The fraction of sp³-hybridized carbons (Fsp3) is 0.811. The molecule has 0 radical (unpaired) electrons. The molecule has 0 aromatic heterocycles. The number of rotatable bonds is 4. The van der Waals surface area contributed by atoms with E-state index in [0.717, 1.165) is 18.3 Å². The second-order valence-electron chi connectivity index (χ2n) is 16.8. The summed E-state index contributed by atoms with van der Waals surface area (Å²) in [5, 5.41) is 11.0. The Hall–Kier alpha value is -1.35. The van der Waals surface area contributed by atoms with Gasteiger partial charge >= 0.3 is 5.97 Å². The van der Waals surface area contributed by atoms with E-state index < -0.39 is 0 Å². The molecule has 3 heteroatoms. The monoisotopic (exact) mass is 548 g/mol. The SMILES string of the molecule is CC(C)[C@@H]1CC[C@]2(COC(=O)c3ccccc3)CC[C@]3(C)[C@H](CC[C@@H]4[C@@]5(C)CC[C@H](O)C(C)(C)[C@@H]5CC[C@]43C)[C@@H]12. The van der Waals surface area contributed by atoms with Crippen LogP contribution < -0.4 is 0 Å². The highest BCUT2D eigenvalue weighted by atomic mass is 16.5. The Morgan fingerprint density at radius 1 is 0.850 bits per heavy atom. The molecule has 0 aliphatic heterocycles. The second-order valence-corrected chi connectivity index (χ2v) is 16.8. The van der Waals surface area contributed by atoms with Gasteiger partial charge in [0.15, 0.2) is 0 Å². The number of carbonyl (C=O) groups excluding carboxylic acids is 1. The Morgan fingerprint density at radius 3 is 2.27 bits per heavy atom. The molecule has 10 atom stereocenters. The summed E-state index contributed by atoms with van der Waals surface area (Å²) in [4.78, 5) is 13.1. The zero-order chi connectivity index (χ0) is 28.7. The van der Waals surface area contributed by atoms with Gasteiger partial charge in [0.25, 0.3) is 0 Å². The first-order chi connectivity index (χ1) is 18.8. The van der Waals surface area contributed by atoms with Gasteiger partial charge in [0.2, 0.25) is 0 Å². The van der Waals surface area contributed by atoms with Gasteiger partial charge in [0, 0.05) is 5.41 Å². The molecule has 1 N–H and O–H groups in total. The van der Waals surface area contributed by atoms with Crippen molar-refractivity contribution in [2.75, 3.05) is 6.61 Å². The van der Waals surface area contributed by atoms with Gasteiger partial charge in [0.05, 0.1) is 18.3 Å². The Morgan fingerprint density at radius 2 is 1.57 bits per heavy atom. The Balaban J connectivity index is 1.32. The van der Waals surface area contributed by atoms with E-state index in [1.807, 2.05) is 30.3 Å². The third-order valence-corrected chi connectivity index (χ3v) is 15.0. The zero-order valence-electron chi connectivity index (χ0n) is 26.5. The average Bonchev–Trinajstić information content (AvgIpc) is 3.31. The highest BCUT2D eigenvalue weighted by molar-refractivity contribution is 5.89. The number of hydrogen-bond donors (Lipinski definition) is 1. The molecule has 0 heterocycles. The lowest BCUT2D eigenvalue weighted by atomic mass is 9.32. The normalized spacial score (nSPS) is 47.5. The maximum absolute atomic E-state index is 13.1. The number of fused-ring (bicyclic) bond motifs is 7. The lowest BCUT2D eigenvalue weighted by Gasteiger charge is -2.73. The molecule has 5 aliphatic carbocycles. The van der Waals surface area contributed by atoms with Crippen molar-refractivity contribution in [3.8, 4) is 0 Å². The first-order valence-corrected chi connectivity index (χ1v) is 16.7. The molecule has 0 bridgehead atoms. The third kappa shape index (κ3) is 3.87. The van der Waals surface area contributed by atoms with Gasteiger partial charge in [-0.1, -0.05) is 66.7 Å². The molecule has 1 aromatic rings. The van der Waals surface area contributed by atoms with Crippen LogP contribution in [0, 0.1) is 62.6 Å². The molecule has 1 aromatic carbocycles. The van der Waals surface area contributed by atoms with Crippen LogP contribution in [0.15, 0.2) is 30.3 Å². The standard InChI is InChI=1S/C37H56O3/c1-24(2)26-15-20-37(23-40-32(39)25-11-9-8-10-12-25)22-21-35(6)27(31(26)37)13-14-29-34(5)18-17-30(38)33(3,4)28(34)16-19-36(29,35)7/h8-12,24,26-31,38H,13-23H2,1-7H3/t26-,27+,28-,29+,30-,31+,34-,35+,36+,37+/m0/s1. The summed E-state index contributed by atoms with van der Waals surface area (Å²) in [5.74, 6) is 3.91. The number of aliphatic hydroxyl groups excluding tert-OH is 1. The van der Waals surface area contributed by atoms with Crippen LogP contribution in [0.4, 0.5) is 0 Å². The quantitative estimate of drug-likeness (QED) is 0.382. The van der Waals surface area contributed by atoms with Gasteiger partial charge in [-0.3, -0.25) is 0 Å². The van der Waals surface area contributed by atoms with Crippen LogP contribution in [-0.4, -0.2) is 23.8 Å². The largest absolute Gasteiger partial charge is 0.461 e. The van der Waals surface area contributed by atoms with Gasteiger partial charge in [0.1, 0.15) is 0 Å². The summed E-state index contributed by atoms with van der Waals surface area (Å²) in [6.07, 6.45) is 12.1. The van der Waals surface area contributed by atoms with Crippen molar-refractivity contribution in [1.82, 2.24) is 0 Å². The molecule has 5 aliphatic rings. The summed E-state index contributed by atoms with van der Waals surface area (Å²) in [6.45, 7) is 18.2. The van der Waals surface area contributed by atoms with Crippen LogP contribution in [-0.2, 0) is 4.74 Å². The molecule has 222 valence electrons. The van der Waals surface area contributed by atoms with Crippen LogP contribution in [0.2, 0.25) is 0 Å². The van der Waals surface area contributed by atoms with Crippen LogP contribution in [0.5, 0.6) is 0 Å². The lowest BCUT2D eigenvalue weighted by molar-refractivity contribution is -0.250. The second kappa shape index (κ2) is 9.58. The minimum Gasteiger partial charge on any atom is -0.461 e. The van der Waals surface area contributed by atoms with Crippen LogP contribution in [0.1, 0.15) is 123 Å². The molecule has 0 unspecified atom stereocenters. The van der Waals surface area contributed by atoms with E-state index in [1.165, 1.54) is 57.8 Å². The minimum absolute atomic E-state index is 0.00459. The van der Waals surface area contributed by atoms with Crippen LogP contribution >= 0.6 is 0 Å².